The highest BCUT2D eigenvalue weighted by Gasteiger charge is 2.15. The van der Waals surface area contributed by atoms with Crippen LogP contribution >= 0.6 is 0 Å². The number of fused-ring (bicyclic) bond motifs is 1. The standard InChI is InChI=1S/C21H25N5O3S/c1-16-24-20(15-21(25-16)26-10-12-29-13-11-26)22-8-9-23-30(27,28)19-7-6-17-4-2-3-5-18(17)14-19/h2-7,14-15,23H,8-13H2,1H3,(H,22,24,25). The van der Waals surface area contributed by atoms with Crippen molar-refractivity contribution >= 4 is 32.4 Å². The molecule has 158 valence electrons. The Morgan fingerprint density at radius 1 is 1.00 bits per heavy atom. The van der Waals surface area contributed by atoms with Gasteiger partial charge in [-0.2, -0.15) is 0 Å². The number of hydrogen-bond donors (Lipinski definition) is 2. The van der Waals surface area contributed by atoms with Crippen LogP contribution in [0.15, 0.2) is 53.4 Å². The van der Waals surface area contributed by atoms with Gasteiger partial charge in [-0.1, -0.05) is 30.3 Å². The van der Waals surface area contributed by atoms with E-state index >= 15 is 0 Å². The van der Waals surface area contributed by atoms with E-state index in [1.165, 1.54) is 0 Å². The number of aryl methyl sites for hydroxylation is 1. The fourth-order valence-electron chi connectivity index (χ4n) is 3.39. The van der Waals surface area contributed by atoms with Crippen LogP contribution < -0.4 is 14.9 Å². The Kier molecular flexibility index (Phi) is 6.12. The van der Waals surface area contributed by atoms with Crippen LogP contribution in [0.2, 0.25) is 0 Å². The number of ether oxygens (including phenoxy) is 1. The van der Waals surface area contributed by atoms with E-state index < -0.39 is 10.0 Å². The van der Waals surface area contributed by atoms with E-state index in [0.29, 0.717) is 31.4 Å². The highest BCUT2D eigenvalue weighted by atomic mass is 32.2. The van der Waals surface area contributed by atoms with Gasteiger partial charge in [0, 0.05) is 32.2 Å². The van der Waals surface area contributed by atoms with Gasteiger partial charge in [0.1, 0.15) is 17.5 Å². The molecule has 4 rings (SSSR count). The second kappa shape index (κ2) is 8.95. The van der Waals surface area contributed by atoms with Gasteiger partial charge in [0.05, 0.1) is 18.1 Å². The number of rotatable bonds is 7. The number of nitrogens with zero attached hydrogens (tertiary/aromatic N) is 3. The SMILES string of the molecule is Cc1nc(NCCNS(=O)(=O)c2ccc3ccccc3c2)cc(N2CCOCC2)n1. The minimum Gasteiger partial charge on any atom is -0.378 e. The largest absolute Gasteiger partial charge is 0.378 e. The van der Waals surface area contributed by atoms with Crippen molar-refractivity contribution in [3.63, 3.8) is 0 Å². The zero-order chi connectivity index (χ0) is 21.0. The van der Waals surface area contributed by atoms with Crippen molar-refractivity contribution in [1.82, 2.24) is 14.7 Å². The molecule has 8 nitrogen and oxygen atoms in total. The van der Waals surface area contributed by atoms with Gasteiger partial charge in [0.15, 0.2) is 0 Å². The first kappa shape index (κ1) is 20.5. The molecule has 1 aliphatic rings. The molecule has 0 atom stereocenters. The Morgan fingerprint density at radius 3 is 2.57 bits per heavy atom. The molecule has 1 aromatic heterocycles. The van der Waals surface area contributed by atoms with E-state index in [4.69, 9.17) is 4.74 Å². The number of sulfonamides is 1. The summed E-state index contributed by atoms with van der Waals surface area (Å²) in [4.78, 5) is 11.3. The molecule has 0 bridgehead atoms. The van der Waals surface area contributed by atoms with E-state index in [0.717, 1.165) is 29.7 Å². The molecule has 2 heterocycles. The first-order valence-electron chi connectivity index (χ1n) is 9.92. The van der Waals surface area contributed by atoms with Crippen LogP contribution in [0.25, 0.3) is 10.8 Å². The molecule has 0 radical (unpaired) electrons. The van der Waals surface area contributed by atoms with E-state index in [1.54, 1.807) is 12.1 Å². The molecule has 0 amide bonds. The third-order valence-corrected chi connectivity index (χ3v) is 6.37. The minimum absolute atomic E-state index is 0.241. The van der Waals surface area contributed by atoms with Crippen LogP contribution in [-0.4, -0.2) is 57.8 Å². The Morgan fingerprint density at radius 2 is 1.77 bits per heavy atom. The third-order valence-electron chi connectivity index (χ3n) is 4.91. The van der Waals surface area contributed by atoms with Crippen molar-refractivity contribution in [2.75, 3.05) is 49.6 Å². The van der Waals surface area contributed by atoms with Crippen LogP contribution in [0.3, 0.4) is 0 Å². The van der Waals surface area contributed by atoms with Crippen LogP contribution in [0.4, 0.5) is 11.6 Å². The van der Waals surface area contributed by atoms with Crippen LogP contribution in [0.5, 0.6) is 0 Å². The van der Waals surface area contributed by atoms with E-state index in [2.05, 4.69) is 24.9 Å². The Bertz CT molecular complexity index is 1130. The first-order chi connectivity index (χ1) is 14.5. The van der Waals surface area contributed by atoms with Crippen LogP contribution in [0, 0.1) is 6.92 Å². The maximum atomic E-state index is 12.6. The number of aromatic nitrogens is 2. The molecule has 30 heavy (non-hydrogen) atoms. The van der Waals surface area contributed by atoms with Gasteiger partial charge in [-0.05, 0) is 29.8 Å². The maximum absolute atomic E-state index is 12.6. The maximum Gasteiger partial charge on any atom is 0.240 e. The molecule has 1 aliphatic heterocycles. The second-order valence-corrected chi connectivity index (χ2v) is 8.86. The first-order valence-corrected chi connectivity index (χ1v) is 11.4. The summed E-state index contributed by atoms with van der Waals surface area (Å²) in [5, 5.41) is 5.08. The lowest BCUT2D eigenvalue weighted by Gasteiger charge is -2.28. The predicted molar refractivity (Wildman–Crippen MR) is 117 cm³/mol. The quantitative estimate of drug-likeness (QED) is 0.558. The van der Waals surface area contributed by atoms with Crippen molar-refractivity contribution in [1.29, 1.82) is 0 Å². The molecule has 2 aromatic carbocycles. The summed E-state index contributed by atoms with van der Waals surface area (Å²) < 4.78 is 33.3. The number of morpholine rings is 1. The monoisotopic (exact) mass is 427 g/mol. The molecule has 2 N–H and O–H groups in total. The average Bonchev–Trinajstić information content (AvgIpc) is 2.77. The molecule has 3 aromatic rings. The summed E-state index contributed by atoms with van der Waals surface area (Å²) in [5.74, 6) is 2.19. The number of benzene rings is 2. The van der Waals surface area contributed by atoms with E-state index in [-0.39, 0.29) is 11.4 Å². The summed E-state index contributed by atoms with van der Waals surface area (Å²) in [6, 6.07) is 14.7. The molecule has 0 aliphatic carbocycles. The van der Waals surface area contributed by atoms with Crippen molar-refractivity contribution < 1.29 is 13.2 Å². The Balaban J connectivity index is 1.36. The number of anilines is 2. The zero-order valence-corrected chi connectivity index (χ0v) is 17.7. The van der Waals surface area contributed by atoms with Gasteiger partial charge >= 0.3 is 0 Å². The molecular weight excluding hydrogens is 402 g/mol. The van der Waals surface area contributed by atoms with Gasteiger partial charge in [0.2, 0.25) is 10.0 Å². The van der Waals surface area contributed by atoms with Crippen LogP contribution in [-0.2, 0) is 14.8 Å². The van der Waals surface area contributed by atoms with Gasteiger partial charge in [0.25, 0.3) is 0 Å². The fourth-order valence-corrected chi connectivity index (χ4v) is 4.46. The van der Waals surface area contributed by atoms with Gasteiger partial charge in [-0.25, -0.2) is 23.1 Å². The fraction of sp³-hybridized carbons (Fsp3) is 0.333. The molecule has 9 heteroatoms. The highest BCUT2D eigenvalue weighted by Crippen LogP contribution is 2.19. The Hall–Kier alpha value is -2.75. The van der Waals surface area contributed by atoms with Crippen LogP contribution in [0.1, 0.15) is 5.82 Å². The normalized spacial score (nSPS) is 14.8. The highest BCUT2D eigenvalue weighted by molar-refractivity contribution is 7.89. The number of nitrogens with one attached hydrogen (secondary N) is 2. The summed E-state index contributed by atoms with van der Waals surface area (Å²) in [6.07, 6.45) is 0. The lowest BCUT2D eigenvalue weighted by atomic mass is 10.1. The Labute approximate surface area is 176 Å². The molecule has 1 fully saturated rings. The second-order valence-electron chi connectivity index (χ2n) is 7.09. The minimum atomic E-state index is -3.58. The van der Waals surface area contributed by atoms with Crippen molar-refractivity contribution in [3.8, 4) is 0 Å². The van der Waals surface area contributed by atoms with Gasteiger partial charge in [-0.3, -0.25) is 0 Å². The third kappa shape index (κ3) is 4.86. The average molecular weight is 428 g/mol. The summed E-state index contributed by atoms with van der Waals surface area (Å²) >= 11 is 0. The smallest absolute Gasteiger partial charge is 0.240 e. The molecular formula is C21H25N5O3S. The predicted octanol–water partition coefficient (Wildman–Crippen LogP) is 2.17. The van der Waals surface area contributed by atoms with Gasteiger partial charge < -0.3 is 15.0 Å². The molecule has 0 spiro atoms. The van der Waals surface area contributed by atoms with Crippen molar-refractivity contribution in [2.45, 2.75) is 11.8 Å². The summed E-state index contributed by atoms with van der Waals surface area (Å²) in [5.41, 5.74) is 0. The van der Waals surface area contributed by atoms with Crippen molar-refractivity contribution in [2.24, 2.45) is 0 Å². The topological polar surface area (TPSA) is 96.5 Å². The molecule has 0 unspecified atom stereocenters. The zero-order valence-electron chi connectivity index (χ0n) is 16.8. The number of hydrogen-bond acceptors (Lipinski definition) is 7. The van der Waals surface area contributed by atoms with E-state index in [9.17, 15) is 8.42 Å². The lowest BCUT2D eigenvalue weighted by Crippen LogP contribution is -2.37. The van der Waals surface area contributed by atoms with Crippen molar-refractivity contribution in [3.05, 3.63) is 54.4 Å². The van der Waals surface area contributed by atoms with Gasteiger partial charge in [-0.15, -0.1) is 0 Å². The van der Waals surface area contributed by atoms with E-state index in [1.807, 2.05) is 43.3 Å². The lowest BCUT2D eigenvalue weighted by molar-refractivity contribution is 0.122. The summed E-state index contributed by atoms with van der Waals surface area (Å²) in [7, 11) is -3.58. The molecule has 1 saturated heterocycles. The molecule has 0 saturated carbocycles. The summed E-state index contributed by atoms with van der Waals surface area (Å²) in [6.45, 7) is 5.45.